The first-order valence-corrected chi connectivity index (χ1v) is 15.2. The number of carbonyl (C=O) groups excluding carboxylic acids is 1. The minimum absolute atomic E-state index is 0.191. The van der Waals surface area contributed by atoms with Gasteiger partial charge in [0.15, 0.2) is 17.6 Å². The first kappa shape index (κ1) is 31.8. The number of ether oxygens (including phenoxy) is 2. The summed E-state index contributed by atoms with van der Waals surface area (Å²) < 4.78 is 39.1. The zero-order valence-corrected chi connectivity index (χ0v) is 25.1. The first-order chi connectivity index (χ1) is 19.7. The number of nitrogens with zero attached hydrogens (tertiary/aromatic N) is 1. The lowest BCUT2D eigenvalue weighted by Crippen LogP contribution is -2.39. The molecule has 0 amide bonds. The maximum atomic E-state index is 15.5. The number of alkyl halides is 1. The third-order valence-corrected chi connectivity index (χ3v) is 8.25. The Bertz CT molecular complexity index is 1500. The second-order valence-electron chi connectivity index (χ2n) is 10.4. The molecule has 1 aliphatic heterocycles. The molecule has 0 spiro atoms. The van der Waals surface area contributed by atoms with Crippen molar-refractivity contribution in [2.75, 3.05) is 6.61 Å². The molecule has 0 saturated carbocycles. The second-order valence-corrected chi connectivity index (χ2v) is 12.6. The van der Waals surface area contributed by atoms with Crippen molar-refractivity contribution >= 4 is 25.7 Å². The van der Waals surface area contributed by atoms with Gasteiger partial charge in [0.25, 0.3) is 5.56 Å². The van der Waals surface area contributed by atoms with Crippen LogP contribution < -0.4 is 20.9 Å². The topological polar surface area (TPSA) is 141 Å². The summed E-state index contributed by atoms with van der Waals surface area (Å²) in [4.78, 5) is 49.7. The number of halogens is 2. The van der Waals surface area contributed by atoms with Crippen LogP contribution in [0.5, 0.6) is 5.75 Å². The quantitative estimate of drug-likeness (QED) is 0.207. The van der Waals surface area contributed by atoms with E-state index < -0.39 is 55.5 Å². The lowest BCUT2D eigenvalue weighted by atomic mass is 10.0. The molecule has 1 unspecified atom stereocenters. The van der Waals surface area contributed by atoms with Crippen molar-refractivity contribution in [2.24, 2.45) is 0 Å². The van der Waals surface area contributed by atoms with Crippen molar-refractivity contribution in [3.8, 4) is 16.9 Å². The maximum Gasteiger partial charge on any atom is 0.544 e. The van der Waals surface area contributed by atoms with E-state index in [1.54, 1.807) is 50.2 Å². The molecule has 1 fully saturated rings. The highest BCUT2D eigenvalue weighted by molar-refractivity contribution is 7.58. The van der Waals surface area contributed by atoms with E-state index in [1.165, 1.54) is 13.8 Å². The lowest BCUT2D eigenvalue weighted by Gasteiger charge is -2.23. The van der Waals surface area contributed by atoms with Gasteiger partial charge in [0.1, 0.15) is 12.6 Å². The van der Waals surface area contributed by atoms with Crippen molar-refractivity contribution in [3.05, 3.63) is 86.7 Å². The Morgan fingerprint density at radius 3 is 2.38 bits per heavy atom. The van der Waals surface area contributed by atoms with Gasteiger partial charge in [-0.1, -0.05) is 41.0 Å². The summed E-state index contributed by atoms with van der Waals surface area (Å²) in [5, 5.41) is 3.30. The number of H-pyrrole nitrogens is 1. The van der Waals surface area contributed by atoms with Crippen LogP contribution in [-0.2, 0) is 18.8 Å². The minimum Gasteiger partial charge on any atom is -0.462 e. The smallest absolute Gasteiger partial charge is 0.462 e. The van der Waals surface area contributed by atoms with E-state index in [2.05, 4.69) is 10.1 Å². The van der Waals surface area contributed by atoms with Crippen molar-refractivity contribution in [1.29, 1.82) is 0 Å². The van der Waals surface area contributed by atoms with Crippen LogP contribution in [0.1, 0.15) is 40.3 Å². The maximum absolute atomic E-state index is 15.5. The molecule has 0 radical (unpaired) electrons. The molecule has 226 valence electrons. The van der Waals surface area contributed by atoms with Crippen molar-refractivity contribution in [3.63, 3.8) is 0 Å². The highest BCUT2D eigenvalue weighted by Crippen LogP contribution is 2.54. The molecule has 5 atom stereocenters. The minimum atomic E-state index is -4.03. The number of esters is 1. The number of hydrogen-bond donors (Lipinski definition) is 3. The molecule has 42 heavy (non-hydrogen) atoms. The van der Waals surface area contributed by atoms with Crippen LogP contribution in [0.4, 0.5) is 4.39 Å². The van der Waals surface area contributed by atoms with Crippen molar-refractivity contribution < 1.29 is 32.6 Å². The summed E-state index contributed by atoms with van der Waals surface area (Å²) in [6, 6.07) is 14.1. The standard InChI is InChI=1S/C28H32ClFN3O8P/c1-17(2)39-25(35)18(3)32-42(37,41-22-11-7-20(8-12-22)19-5-9-21(29)10-6-19)38-16-23-15-28(4,30)26(40-23)33-14-13-24(34)31-27(33)36/h5-14,17-18,23,26,32,37H,15-16H2,1-4H3/p+1/t18-,23-,26+,28+,42?/m0/s1. The van der Waals surface area contributed by atoms with Gasteiger partial charge < -0.3 is 9.47 Å². The van der Waals surface area contributed by atoms with Gasteiger partial charge in [-0.15, -0.1) is 0 Å². The molecule has 0 bridgehead atoms. The van der Waals surface area contributed by atoms with Gasteiger partial charge >= 0.3 is 19.8 Å². The average Bonchev–Trinajstić information content (AvgIpc) is 3.22. The highest BCUT2D eigenvalue weighted by Gasteiger charge is 2.52. The zero-order chi connectivity index (χ0) is 30.7. The number of carbonyl (C=O) groups is 1. The van der Waals surface area contributed by atoms with E-state index in [-0.39, 0.29) is 18.8 Å². The summed E-state index contributed by atoms with van der Waals surface area (Å²) in [6.45, 7) is 5.78. The van der Waals surface area contributed by atoms with Crippen LogP contribution in [-0.4, -0.2) is 50.9 Å². The summed E-state index contributed by atoms with van der Waals surface area (Å²) >= 11 is 5.98. The Hall–Kier alpha value is -3.12. The number of rotatable bonds is 11. The van der Waals surface area contributed by atoms with Gasteiger partial charge in [-0.25, -0.2) is 9.18 Å². The van der Waals surface area contributed by atoms with Gasteiger partial charge in [0.2, 0.25) is 0 Å². The van der Waals surface area contributed by atoms with Gasteiger partial charge in [-0.05, 0) is 63.1 Å². The average molecular weight is 625 g/mol. The molecular formula is C28H33ClFN3O8P+. The van der Waals surface area contributed by atoms with E-state index in [1.807, 2.05) is 12.1 Å². The predicted octanol–water partition coefficient (Wildman–Crippen LogP) is 4.57. The molecule has 0 aliphatic carbocycles. The number of hydrogen-bond acceptors (Lipinski definition) is 9. The predicted molar refractivity (Wildman–Crippen MR) is 156 cm³/mol. The summed E-state index contributed by atoms with van der Waals surface area (Å²) in [5.41, 5.74) is -1.68. The molecule has 14 heteroatoms. The monoisotopic (exact) mass is 624 g/mol. The Kier molecular flexibility index (Phi) is 9.87. The molecule has 2 heterocycles. The summed E-state index contributed by atoms with van der Waals surface area (Å²) in [7, 11) is -4.03. The SMILES string of the molecule is CC(C)OC(=O)[C@H](C)N[P+](O)(OC[C@@H]1C[C@@](C)(F)[C@H](n2ccc(=O)[nH]c2=O)O1)Oc1ccc(-c2ccc(Cl)cc2)cc1. The lowest BCUT2D eigenvalue weighted by molar-refractivity contribution is -0.149. The Labute approximate surface area is 247 Å². The Balaban J connectivity index is 1.51. The highest BCUT2D eigenvalue weighted by atomic mass is 35.5. The zero-order valence-electron chi connectivity index (χ0n) is 23.5. The third-order valence-electron chi connectivity index (χ3n) is 6.33. The number of nitrogens with one attached hydrogen (secondary N) is 2. The fraction of sp³-hybridized carbons (Fsp3) is 0.393. The van der Waals surface area contributed by atoms with Gasteiger partial charge in [0.05, 0.1) is 12.2 Å². The fourth-order valence-electron chi connectivity index (χ4n) is 4.38. The van der Waals surface area contributed by atoms with Crippen LogP contribution in [0, 0.1) is 0 Å². The Morgan fingerprint density at radius 2 is 1.79 bits per heavy atom. The first-order valence-electron chi connectivity index (χ1n) is 13.2. The van der Waals surface area contributed by atoms with Gasteiger partial charge in [0, 0.05) is 23.7 Å². The van der Waals surface area contributed by atoms with Crippen molar-refractivity contribution in [2.45, 2.75) is 64.3 Å². The number of aromatic nitrogens is 2. The second kappa shape index (κ2) is 13.0. The molecule has 1 saturated heterocycles. The molecule has 1 aromatic heterocycles. The van der Waals surface area contributed by atoms with E-state index in [4.69, 9.17) is 30.1 Å². The normalized spacial score (nSPS) is 22.5. The van der Waals surface area contributed by atoms with E-state index in [0.29, 0.717) is 5.02 Å². The van der Waals surface area contributed by atoms with E-state index >= 15 is 4.39 Å². The van der Waals surface area contributed by atoms with Crippen LogP contribution in [0.2, 0.25) is 5.02 Å². The molecular weight excluding hydrogens is 592 g/mol. The van der Waals surface area contributed by atoms with E-state index in [9.17, 15) is 19.3 Å². The molecule has 3 N–H and O–H groups in total. The van der Waals surface area contributed by atoms with Crippen LogP contribution >= 0.6 is 19.7 Å². The molecule has 4 rings (SSSR count). The number of aromatic amines is 1. The fourth-order valence-corrected chi connectivity index (χ4v) is 6.06. The number of benzene rings is 2. The third kappa shape index (κ3) is 8.03. The molecule has 1 aliphatic rings. The van der Waals surface area contributed by atoms with E-state index in [0.717, 1.165) is 28.0 Å². The molecule has 3 aromatic rings. The van der Waals surface area contributed by atoms with Crippen LogP contribution in [0.3, 0.4) is 0 Å². The van der Waals surface area contributed by atoms with Crippen LogP contribution in [0.25, 0.3) is 11.1 Å². The molecule has 11 nitrogen and oxygen atoms in total. The van der Waals surface area contributed by atoms with Crippen LogP contribution in [0.15, 0.2) is 70.4 Å². The summed E-state index contributed by atoms with van der Waals surface area (Å²) in [5.74, 6) is -0.402. The van der Waals surface area contributed by atoms with Gasteiger partial charge in [-0.2, -0.15) is 9.42 Å². The van der Waals surface area contributed by atoms with Gasteiger partial charge in [-0.3, -0.25) is 23.7 Å². The Morgan fingerprint density at radius 1 is 1.17 bits per heavy atom. The molecule has 2 aromatic carbocycles. The summed E-state index contributed by atoms with van der Waals surface area (Å²) in [6.07, 6.45) is -1.69. The largest absolute Gasteiger partial charge is 0.544 e. The van der Waals surface area contributed by atoms with Crippen molar-refractivity contribution in [1.82, 2.24) is 14.6 Å².